The van der Waals surface area contributed by atoms with Crippen molar-refractivity contribution < 1.29 is 33.4 Å². The van der Waals surface area contributed by atoms with Crippen molar-refractivity contribution in [1.82, 2.24) is 40.3 Å². The molecular formula is C28H39N9O7S3. The van der Waals surface area contributed by atoms with Crippen molar-refractivity contribution >= 4 is 63.9 Å². The zero-order valence-corrected chi connectivity index (χ0v) is 29.1. The molecule has 3 N–H and O–H groups in total. The van der Waals surface area contributed by atoms with Crippen LogP contribution in [0.4, 0.5) is 9.93 Å². The van der Waals surface area contributed by atoms with Crippen LogP contribution in [0.1, 0.15) is 45.2 Å². The highest BCUT2D eigenvalue weighted by Crippen LogP contribution is 2.42. The van der Waals surface area contributed by atoms with Crippen molar-refractivity contribution in [1.29, 1.82) is 0 Å². The van der Waals surface area contributed by atoms with Crippen molar-refractivity contribution in [3.05, 3.63) is 22.3 Å². The van der Waals surface area contributed by atoms with Gasteiger partial charge in [-0.05, 0) is 55.3 Å². The molecule has 1 saturated carbocycles. The number of amides is 2. The standard InChI is InChI=1S/C28H39N9O7S3/c1-15-7-5-6-8-19(15)44-28(41)43-16(2)42-25(40)22-17(13-47-27-32-33-34-36(27)10-9-35(3)4)12-45-24-21(23(39)37(22)24)31-20(38)11-18-14-46-26(29)30-18/h14-16,19,21,24H,5-13H2,1-4H3,(H2,29,30)(H,31,38)/t15-,16?,19-,21?,24-/m1/s1. The molecule has 2 aromatic rings. The van der Waals surface area contributed by atoms with Crippen molar-refractivity contribution in [3.8, 4) is 0 Å². The van der Waals surface area contributed by atoms with E-state index in [1.54, 1.807) is 10.1 Å². The molecule has 2 aromatic heterocycles. The second kappa shape index (κ2) is 15.7. The first-order chi connectivity index (χ1) is 22.5. The summed E-state index contributed by atoms with van der Waals surface area (Å²) >= 11 is 3.97. The van der Waals surface area contributed by atoms with Crippen LogP contribution in [-0.4, -0.2) is 115 Å². The summed E-state index contributed by atoms with van der Waals surface area (Å²) in [6.07, 6.45) is 1.29. The molecule has 1 saturated heterocycles. The number of likely N-dealkylation sites (N-methyl/N-ethyl adjacent to an activating group) is 1. The molecule has 2 fully saturated rings. The minimum atomic E-state index is -1.28. The average Bonchev–Trinajstić information content (AvgIpc) is 3.65. The van der Waals surface area contributed by atoms with Gasteiger partial charge in [0.2, 0.25) is 17.4 Å². The Hall–Kier alpha value is -3.42. The van der Waals surface area contributed by atoms with Gasteiger partial charge in [-0.3, -0.25) is 14.5 Å². The molecule has 2 amide bonds. The Morgan fingerprint density at radius 1 is 1.23 bits per heavy atom. The molecule has 1 aliphatic carbocycles. The van der Waals surface area contributed by atoms with E-state index in [1.165, 1.54) is 46.7 Å². The number of esters is 1. The Kier molecular flexibility index (Phi) is 11.6. The predicted molar refractivity (Wildman–Crippen MR) is 174 cm³/mol. The van der Waals surface area contributed by atoms with Crippen LogP contribution in [0.3, 0.4) is 0 Å². The highest BCUT2D eigenvalue weighted by Gasteiger charge is 2.54. The van der Waals surface area contributed by atoms with E-state index in [-0.39, 0.29) is 35.8 Å². The molecule has 5 atom stereocenters. The first kappa shape index (κ1) is 34.9. The van der Waals surface area contributed by atoms with E-state index in [9.17, 15) is 19.2 Å². The number of tetrazole rings is 1. The molecule has 3 aliphatic rings. The zero-order chi connectivity index (χ0) is 33.7. The number of β-lactam (4-membered cyclic amide) rings is 1. The van der Waals surface area contributed by atoms with Crippen LogP contribution in [0, 0.1) is 5.92 Å². The van der Waals surface area contributed by atoms with Gasteiger partial charge < -0.3 is 30.2 Å². The van der Waals surface area contributed by atoms with Crippen LogP contribution in [0.15, 0.2) is 21.8 Å². The number of nitrogens with one attached hydrogen (secondary N) is 1. The Labute approximate surface area is 284 Å². The van der Waals surface area contributed by atoms with Gasteiger partial charge in [-0.15, -0.1) is 28.2 Å². The molecule has 0 aromatic carbocycles. The molecule has 0 spiro atoms. The lowest BCUT2D eigenvalue weighted by atomic mass is 9.88. The molecular weight excluding hydrogens is 671 g/mol. The molecule has 0 bridgehead atoms. The van der Waals surface area contributed by atoms with E-state index >= 15 is 0 Å². The van der Waals surface area contributed by atoms with Crippen LogP contribution >= 0.6 is 34.9 Å². The van der Waals surface area contributed by atoms with E-state index in [4.69, 9.17) is 19.9 Å². The number of nitrogen functional groups attached to an aromatic ring is 1. The summed E-state index contributed by atoms with van der Waals surface area (Å²) in [5.74, 6) is -0.809. The normalized spacial score (nSPS) is 23.2. The fourth-order valence-corrected chi connectivity index (χ4v) is 8.39. The molecule has 2 aliphatic heterocycles. The summed E-state index contributed by atoms with van der Waals surface area (Å²) in [6.45, 7) is 4.73. The number of ether oxygens (including phenoxy) is 3. The Balaban J connectivity index is 1.28. The average molecular weight is 710 g/mol. The minimum Gasteiger partial charge on any atom is -0.431 e. The quantitative estimate of drug-likeness (QED) is 0.132. The van der Waals surface area contributed by atoms with Crippen LogP contribution < -0.4 is 11.1 Å². The number of hydrogen-bond acceptors (Lipinski definition) is 16. The maximum atomic E-state index is 13.7. The number of thiazole rings is 1. The van der Waals surface area contributed by atoms with Gasteiger partial charge in [0.15, 0.2) is 5.13 Å². The zero-order valence-electron chi connectivity index (χ0n) is 26.6. The summed E-state index contributed by atoms with van der Waals surface area (Å²) in [4.78, 5) is 59.8. The summed E-state index contributed by atoms with van der Waals surface area (Å²) < 4.78 is 18.0. The third kappa shape index (κ3) is 8.74. The number of hydrogen-bond donors (Lipinski definition) is 2. The molecule has 47 heavy (non-hydrogen) atoms. The van der Waals surface area contributed by atoms with Crippen LogP contribution in [0.2, 0.25) is 0 Å². The lowest BCUT2D eigenvalue weighted by Crippen LogP contribution is -2.70. The topological polar surface area (TPSA) is 197 Å². The predicted octanol–water partition coefficient (Wildman–Crippen LogP) is 1.88. The van der Waals surface area contributed by atoms with Gasteiger partial charge >= 0.3 is 12.1 Å². The van der Waals surface area contributed by atoms with Crippen molar-refractivity contribution in [2.45, 2.75) is 81.5 Å². The largest absolute Gasteiger partial charge is 0.511 e. The maximum Gasteiger partial charge on any atom is 0.511 e. The molecule has 0 radical (unpaired) electrons. The Morgan fingerprint density at radius 3 is 2.74 bits per heavy atom. The van der Waals surface area contributed by atoms with Crippen molar-refractivity contribution in [3.63, 3.8) is 0 Å². The van der Waals surface area contributed by atoms with E-state index in [0.29, 0.717) is 33.9 Å². The van der Waals surface area contributed by atoms with Gasteiger partial charge in [0, 0.05) is 30.4 Å². The fraction of sp³-hybridized carbons (Fsp3) is 0.643. The molecule has 4 heterocycles. The molecule has 256 valence electrons. The number of thioether (sulfide) groups is 2. The maximum absolute atomic E-state index is 13.7. The number of carbonyl (C=O) groups is 4. The number of aromatic nitrogens is 5. The number of nitrogens with two attached hydrogens (primary N) is 1. The van der Waals surface area contributed by atoms with Gasteiger partial charge in [-0.2, -0.15) is 0 Å². The highest BCUT2D eigenvalue weighted by molar-refractivity contribution is 8.01. The number of nitrogens with zero attached hydrogens (tertiary/aromatic N) is 7. The molecule has 16 nitrogen and oxygen atoms in total. The van der Waals surface area contributed by atoms with Crippen molar-refractivity contribution in [2.24, 2.45) is 5.92 Å². The van der Waals surface area contributed by atoms with Gasteiger partial charge in [0.1, 0.15) is 23.2 Å². The Morgan fingerprint density at radius 2 is 2.02 bits per heavy atom. The van der Waals surface area contributed by atoms with Gasteiger partial charge in [0.05, 0.1) is 18.7 Å². The second-order valence-corrected chi connectivity index (χ2v) is 14.7. The second-order valence-electron chi connectivity index (χ2n) is 11.8. The smallest absolute Gasteiger partial charge is 0.431 e. The van der Waals surface area contributed by atoms with Gasteiger partial charge in [-0.1, -0.05) is 25.1 Å². The molecule has 2 unspecified atom stereocenters. The fourth-order valence-electron chi connectivity index (χ4n) is 5.44. The van der Waals surface area contributed by atoms with E-state index in [1.807, 2.05) is 25.9 Å². The number of rotatable bonds is 13. The molecule has 5 rings (SSSR count). The van der Waals surface area contributed by atoms with Crippen molar-refractivity contribution in [2.75, 3.05) is 37.9 Å². The van der Waals surface area contributed by atoms with Crippen LogP contribution in [0.25, 0.3) is 0 Å². The van der Waals surface area contributed by atoms with E-state index in [0.717, 1.165) is 32.2 Å². The first-order valence-electron chi connectivity index (χ1n) is 15.3. The Bertz CT molecular complexity index is 1500. The van der Waals surface area contributed by atoms with E-state index in [2.05, 4.69) is 25.8 Å². The number of fused-ring (bicyclic) bond motifs is 1. The highest BCUT2D eigenvalue weighted by atomic mass is 32.2. The van der Waals surface area contributed by atoms with Crippen LogP contribution in [0.5, 0.6) is 0 Å². The summed E-state index contributed by atoms with van der Waals surface area (Å²) in [5, 5.41) is 16.8. The lowest BCUT2D eigenvalue weighted by Gasteiger charge is -2.49. The third-order valence-electron chi connectivity index (χ3n) is 7.92. The first-order valence-corrected chi connectivity index (χ1v) is 18.2. The van der Waals surface area contributed by atoms with E-state index < -0.39 is 35.7 Å². The monoisotopic (exact) mass is 709 g/mol. The SMILES string of the molecule is CC(OC(=O)O[C@@H]1CCCC[C@H]1C)OC(=O)C1=C(CSc2nnnn2CCN(C)C)CS[C@@H]2C(NC(=O)Cc3csc(N)n3)C(=O)N12. The lowest BCUT2D eigenvalue weighted by molar-refractivity contribution is -0.170. The third-order valence-corrected chi connectivity index (χ3v) is 11.0. The minimum absolute atomic E-state index is 0.0331. The van der Waals surface area contributed by atoms with Gasteiger partial charge in [0.25, 0.3) is 5.91 Å². The number of anilines is 1. The number of carbonyl (C=O) groups excluding carboxylic acids is 4. The molecule has 19 heteroatoms. The summed E-state index contributed by atoms with van der Waals surface area (Å²) in [5.41, 5.74) is 6.84. The summed E-state index contributed by atoms with van der Waals surface area (Å²) in [7, 11) is 3.90. The van der Waals surface area contributed by atoms with Gasteiger partial charge in [-0.25, -0.2) is 19.3 Å². The van der Waals surface area contributed by atoms with Crippen LogP contribution in [-0.2, 0) is 41.6 Å². The summed E-state index contributed by atoms with van der Waals surface area (Å²) in [6, 6.07) is -0.847.